The highest BCUT2D eigenvalue weighted by atomic mass is 32.2. The Morgan fingerprint density at radius 3 is 2.53 bits per heavy atom. The molecule has 0 aliphatic carbocycles. The summed E-state index contributed by atoms with van der Waals surface area (Å²) in [4.78, 5) is 3.66. The second kappa shape index (κ2) is 6.28. The molecule has 0 unspecified atom stereocenters. The number of nitrogens with two attached hydrogens (primary N) is 1. The first kappa shape index (κ1) is 15.8. The topological polar surface area (TPSA) is 131 Å². The summed E-state index contributed by atoms with van der Waals surface area (Å²) >= 11 is 0. The Hall–Kier alpha value is -1.23. The van der Waals surface area contributed by atoms with Crippen LogP contribution in [0.2, 0.25) is 0 Å². The average Bonchev–Trinajstić information content (AvgIpc) is 2.28. The van der Waals surface area contributed by atoms with Crippen molar-refractivity contribution in [3.63, 3.8) is 0 Å². The molecular formula is C9H16N4O4S2. The number of nitrogens with zero attached hydrogens (tertiary/aromatic N) is 1. The van der Waals surface area contributed by atoms with Crippen molar-refractivity contribution in [1.29, 1.82) is 0 Å². The lowest BCUT2D eigenvalue weighted by atomic mass is 10.4. The lowest BCUT2D eigenvalue weighted by Crippen LogP contribution is -2.34. The van der Waals surface area contributed by atoms with Crippen LogP contribution in [0.5, 0.6) is 0 Å². The number of sulfonamides is 2. The molecule has 8 nitrogen and oxygen atoms in total. The summed E-state index contributed by atoms with van der Waals surface area (Å²) in [5, 5.41) is -0.309. The second-order valence-electron chi connectivity index (χ2n) is 3.61. The summed E-state index contributed by atoms with van der Waals surface area (Å²) in [6.45, 7) is 1.63. The largest absolute Gasteiger partial charge is 0.396 e. The monoisotopic (exact) mass is 308 g/mol. The van der Waals surface area contributed by atoms with Gasteiger partial charge in [-0.1, -0.05) is 6.92 Å². The van der Waals surface area contributed by atoms with Crippen LogP contribution >= 0.6 is 0 Å². The fourth-order valence-electron chi connectivity index (χ4n) is 1.30. The second-order valence-corrected chi connectivity index (χ2v) is 7.22. The van der Waals surface area contributed by atoms with Gasteiger partial charge in [0.05, 0.1) is 11.4 Å². The first-order valence-electron chi connectivity index (χ1n) is 5.46. The van der Waals surface area contributed by atoms with Gasteiger partial charge in [-0.05, 0) is 12.1 Å². The molecule has 108 valence electrons. The van der Waals surface area contributed by atoms with Crippen LogP contribution < -0.4 is 15.2 Å². The zero-order valence-corrected chi connectivity index (χ0v) is 12.0. The molecule has 1 heterocycles. The maximum atomic E-state index is 11.8. The van der Waals surface area contributed by atoms with Gasteiger partial charge in [0.1, 0.15) is 0 Å². The Labute approximate surface area is 112 Å². The Kier molecular flexibility index (Phi) is 5.23. The molecule has 0 amide bonds. The van der Waals surface area contributed by atoms with Crippen LogP contribution in [-0.2, 0) is 20.0 Å². The molecule has 0 spiro atoms. The minimum Gasteiger partial charge on any atom is -0.396 e. The van der Waals surface area contributed by atoms with Crippen molar-refractivity contribution < 1.29 is 16.8 Å². The molecule has 0 radical (unpaired) electrons. The van der Waals surface area contributed by atoms with Gasteiger partial charge in [-0.3, -0.25) is 0 Å². The van der Waals surface area contributed by atoms with Gasteiger partial charge >= 0.3 is 0 Å². The molecule has 0 aliphatic rings. The number of rotatable bonds is 7. The highest BCUT2D eigenvalue weighted by Crippen LogP contribution is 2.13. The fourth-order valence-corrected chi connectivity index (χ4v) is 3.47. The molecule has 0 aliphatic heterocycles. The fraction of sp³-hybridized carbons (Fsp3) is 0.444. The first-order valence-corrected chi connectivity index (χ1v) is 8.59. The average molecular weight is 308 g/mol. The molecule has 19 heavy (non-hydrogen) atoms. The van der Waals surface area contributed by atoms with Crippen LogP contribution in [0.15, 0.2) is 23.4 Å². The predicted molar refractivity (Wildman–Crippen MR) is 71.3 cm³/mol. The lowest BCUT2D eigenvalue weighted by molar-refractivity contribution is 0.575. The van der Waals surface area contributed by atoms with Crippen molar-refractivity contribution in [1.82, 2.24) is 14.4 Å². The van der Waals surface area contributed by atoms with Crippen molar-refractivity contribution in [3.8, 4) is 0 Å². The molecule has 1 aromatic rings. The van der Waals surface area contributed by atoms with E-state index >= 15 is 0 Å². The van der Waals surface area contributed by atoms with Gasteiger partial charge in [0.25, 0.3) is 10.0 Å². The van der Waals surface area contributed by atoms with Gasteiger partial charge in [0.15, 0.2) is 5.03 Å². The van der Waals surface area contributed by atoms with Gasteiger partial charge in [0, 0.05) is 19.3 Å². The highest BCUT2D eigenvalue weighted by Gasteiger charge is 2.19. The summed E-state index contributed by atoms with van der Waals surface area (Å²) < 4.78 is 50.7. The normalized spacial score (nSPS) is 12.5. The minimum atomic E-state index is -3.91. The van der Waals surface area contributed by atoms with E-state index < -0.39 is 20.0 Å². The van der Waals surface area contributed by atoms with Gasteiger partial charge in [-0.2, -0.15) is 0 Å². The van der Waals surface area contributed by atoms with E-state index in [4.69, 9.17) is 5.73 Å². The maximum Gasteiger partial charge on any atom is 0.260 e. The molecule has 4 N–H and O–H groups in total. The smallest absolute Gasteiger partial charge is 0.260 e. The third-order valence-electron chi connectivity index (χ3n) is 2.08. The summed E-state index contributed by atoms with van der Waals surface area (Å²) in [5.74, 6) is -0.354. The molecule has 0 fully saturated rings. The van der Waals surface area contributed by atoms with Crippen LogP contribution in [-0.4, -0.2) is 40.7 Å². The van der Waals surface area contributed by atoms with Gasteiger partial charge in [0.2, 0.25) is 10.0 Å². The molecular weight excluding hydrogens is 292 g/mol. The van der Waals surface area contributed by atoms with E-state index in [0.29, 0.717) is 0 Å². The van der Waals surface area contributed by atoms with E-state index in [9.17, 15) is 16.8 Å². The van der Waals surface area contributed by atoms with Gasteiger partial charge in [-0.25, -0.2) is 31.3 Å². The Bertz CT molecular complexity index is 627. The van der Waals surface area contributed by atoms with Crippen LogP contribution in [0.1, 0.15) is 6.92 Å². The summed E-state index contributed by atoms with van der Waals surface area (Å²) in [6, 6.07) is 2.90. The van der Waals surface area contributed by atoms with E-state index in [1.54, 1.807) is 6.92 Å². The van der Waals surface area contributed by atoms with Crippen LogP contribution in [0.3, 0.4) is 0 Å². The van der Waals surface area contributed by atoms with Crippen molar-refractivity contribution >= 4 is 25.7 Å². The number of nitrogen functional groups attached to an aromatic ring is 1. The van der Waals surface area contributed by atoms with E-state index in [-0.39, 0.29) is 29.6 Å². The van der Waals surface area contributed by atoms with E-state index in [2.05, 4.69) is 14.4 Å². The molecule has 0 bridgehead atoms. The number of nitrogens with one attached hydrogen (secondary N) is 2. The number of aromatic nitrogens is 1. The zero-order chi connectivity index (χ0) is 14.5. The van der Waals surface area contributed by atoms with Gasteiger partial charge < -0.3 is 5.73 Å². The molecule has 0 saturated heterocycles. The Morgan fingerprint density at radius 2 is 1.95 bits per heavy atom. The van der Waals surface area contributed by atoms with Crippen molar-refractivity contribution in [2.45, 2.75) is 11.9 Å². The van der Waals surface area contributed by atoms with Gasteiger partial charge in [-0.15, -0.1) is 0 Å². The van der Waals surface area contributed by atoms with Crippen LogP contribution in [0, 0.1) is 0 Å². The van der Waals surface area contributed by atoms with E-state index in [1.807, 2.05) is 0 Å². The van der Waals surface area contributed by atoms with E-state index in [0.717, 1.165) is 0 Å². The molecule has 0 atom stereocenters. The molecule has 1 rings (SSSR count). The number of hydrogen-bond acceptors (Lipinski definition) is 6. The number of hydrogen-bond donors (Lipinski definition) is 3. The van der Waals surface area contributed by atoms with Crippen molar-refractivity contribution in [2.75, 3.05) is 24.6 Å². The standard InChI is InChI=1S/C9H16N4O4S2/c1-2-12-18(14,15)7-6-13-19(16,17)9-8(10)4-3-5-11-9/h3-5,12-13H,2,6-7,10H2,1H3. The number of anilines is 1. The predicted octanol–water partition coefficient (Wildman–Crippen LogP) is -1.12. The third kappa shape index (κ3) is 4.74. The minimum absolute atomic E-state index is 0.00420. The highest BCUT2D eigenvalue weighted by molar-refractivity contribution is 7.90. The third-order valence-corrected chi connectivity index (χ3v) is 4.99. The molecule has 0 saturated carbocycles. The zero-order valence-electron chi connectivity index (χ0n) is 10.3. The quantitative estimate of drug-likeness (QED) is 0.585. The SMILES string of the molecule is CCNS(=O)(=O)CCNS(=O)(=O)c1ncccc1N. The molecule has 1 aromatic heterocycles. The summed E-state index contributed by atoms with van der Waals surface area (Å²) in [7, 11) is -7.38. The van der Waals surface area contributed by atoms with Crippen molar-refractivity contribution in [3.05, 3.63) is 18.3 Å². The Balaban J connectivity index is 2.70. The first-order chi connectivity index (χ1) is 8.78. The van der Waals surface area contributed by atoms with Crippen molar-refractivity contribution in [2.24, 2.45) is 0 Å². The summed E-state index contributed by atoms with van der Waals surface area (Å²) in [5.41, 5.74) is 5.50. The number of pyridine rings is 1. The van der Waals surface area contributed by atoms with Crippen LogP contribution in [0.25, 0.3) is 0 Å². The maximum absolute atomic E-state index is 11.8. The molecule has 0 aromatic carbocycles. The lowest BCUT2D eigenvalue weighted by Gasteiger charge is -2.08. The van der Waals surface area contributed by atoms with E-state index in [1.165, 1.54) is 18.3 Å². The molecule has 10 heteroatoms. The summed E-state index contributed by atoms with van der Waals surface area (Å²) in [6.07, 6.45) is 1.29. The Morgan fingerprint density at radius 1 is 1.26 bits per heavy atom. The van der Waals surface area contributed by atoms with Crippen LogP contribution in [0.4, 0.5) is 5.69 Å².